The molecule has 0 saturated heterocycles. The highest BCUT2D eigenvalue weighted by atomic mass is 32.2. The zero-order valence-electron chi connectivity index (χ0n) is 15.2. The van der Waals surface area contributed by atoms with Crippen LogP contribution >= 0.6 is 0 Å². The molecule has 0 saturated carbocycles. The lowest BCUT2D eigenvalue weighted by Gasteiger charge is -2.23. The summed E-state index contributed by atoms with van der Waals surface area (Å²) < 4.78 is 46.4. The van der Waals surface area contributed by atoms with Crippen molar-refractivity contribution in [3.63, 3.8) is 0 Å². The van der Waals surface area contributed by atoms with Crippen LogP contribution in [0.15, 0.2) is 48.5 Å². The number of hydrogen-bond acceptors (Lipinski definition) is 5. The molecule has 0 N–H and O–H groups in total. The average Bonchev–Trinajstić information content (AvgIpc) is 2.65. The molecule has 146 valence electrons. The fraction of sp³-hybridized carbons (Fsp3) is 0.316. The molecule has 0 aromatic heterocycles. The number of nitrogens with zero attached hydrogens (tertiary/aromatic N) is 1. The second-order valence-electron chi connectivity index (χ2n) is 5.80. The van der Waals surface area contributed by atoms with Gasteiger partial charge in [0.05, 0.1) is 12.4 Å². The highest BCUT2D eigenvalue weighted by molar-refractivity contribution is 7.87. The fourth-order valence-electron chi connectivity index (χ4n) is 2.35. The zero-order valence-corrected chi connectivity index (χ0v) is 16.0. The molecule has 2 aromatic carbocycles. The molecule has 0 fully saturated rings. The first kappa shape index (κ1) is 20.9. The van der Waals surface area contributed by atoms with E-state index in [1.807, 2.05) is 0 Å². The number of benzene rings is 2. The highest BCUT2D eigenvalue weighted by Crippen LogP contribution is 2.18. The van der Waals surface area contributed by atoms with Gasteiger partial charge < -0.3 is 13.8 Å². The largest absolute Gasteiger partial charge is 0.383 e. The molecule has 0 aliphatic heterocycles. The summed E-state index contributed by atoms with van der Waals surface area (Å²) in [5.74, 6) is -0.646. The summed E-state index contributed by atoms with van der Waals surface area (Å²) in [5.41, 5.74) is 1.05. The predicted molar refractivity (Wildman–Crippen MR) is 99.5 cm³/mol. The van der Waals surface area contributed by atoms with E-state index in [1.54, 1.807) is 23.1 Å². The standard InChI is InChI=1S/C19H22FNO5S/c1-3-27(23,24)26-18-6-4-5-15(13-18)14-21(11-12-25-2)19(22)16-7-9-17(20)10-8-16/h4-10,13H,3,11-12,14H2,1-2H3. The third kappa shape index (κ3) is 6.33. The number of carbonyl (C=O) groups is 1. The molecule has 0 aliphatic carbocycles. The number of rotatable bonds is 9. The van der Waals surface area contributed by atoms with Crippen LogP contribution in [0.5, 0.6) is 5.75 Å². The van der Waals surface area contributed by atoms with Crippen LogP contribution in [-0.4, -0.2) is 45.2 Å². The number of ether oxygens (including phenoxy) is 1. The van der Waals surface area contributed by atoms with Crippen molar-refractivity contribution < 1.29 is 26.5 Å². The minimum atomic E-state index is -3.63. The molecule has 0 heterocycles. The van der Waals surface area contributed by atoms with Crippen LogP contribution in [0.1, 0.15) is 22.8 Å². The van der Waals surface area contributed by atoms with E-state index in [9.17, 15) is 17.6 Å². The van der Waals surface area contributed by atoms with Gasteiger partial charge in [0, 0.05) is 25.8 Å². The monoisotopic (exact) mass is 395 g/mol. The zero-order chi connectivity index (χ0) is 19.9. The number of halogens is 1. The Morgan fingerprint density at radius 1 is 1.15 bits per heavy atom. The molecular formula is C19H22FNO5S. The van der Waals surface area contributed by atoms with Crippen molar-refractivity contribution >= 4 is 16.0 Å². The molecule has 0 atom stereocenters. The number of hydrogen-bond donors (Lipinski definition) is 0. The Balaban J connectivity index is 2.20. The minimum absolute atomic E-state index is 0.139. The Morgan fingerprint density at radius 2 is 1.85 bits per heavy atom. The van der Waals surface area contributed by atoms with Crippen molar-refractivity contribution in [3.8, 4) is 5.75 Å². The van der Waals surface area contributed by atoms with E-state index in [0.717, 1.165) is 0 Å². The van der Waals surface area contributed by atoms with Gasteiger partial charge in [-0.05, 0) is 48.9 Å². The maximum Gasteiger partial charge on any atom is 0.308 e. The number of methoxy groups -OCH3 is 1. The molecule has 0 aliphatic rings. The maximum absolute atomic E-state index is 13.1. The second-order valence-corrected chi connectivity index (χ2v) is 7.66. The van der Waals surface area contributed by atoms with Crippen LogP contribution < -0.4 is 4.18 Å². The van der Waals surface area contributed by atoms with Crippen LogP contribution in [0, 0.1) is 5.82 Å². The van der Waals surface area contributed by atoms with E-state index in [-0.39, 0.29) is 24.0 Å². The van der Waals surface area contributed by atoms with Crippen molar-refractivity contribution in [2.45, 2.75) is 13.5 Å². The van der Waals surface area contributed by atoms with Gasteiger partial charge in [-0.3, -0.25) is 4.79 Å². The van der Waals surface area contributed by atoms with Gasteiger partial charge >= 0.3 is 10.1 Å². The molecule has 2 rings (SSSR count). The molecule has 0 radical (unpaired) electrons. The van der Waals surface area contributed by atoms with E-state index in [1.165, 1.54) is 44.4 Å². The van der Waals surface area contributed by atoms with Gasteiger partial charge in [0.1, 0.15) is 11.6 Å². The lowest BCUT2D eigenvalue weighted by atomic mass is 10.1. The number of amides is 1. The second kappa shape index (κ2) is 9.48. The van der Waals surface area contributed by atoms with Gasteiger partial charge in [-0.2, -0.15) is 8.42 Å². The van der Waals surface area contributed by atoms with Crippen molar-refractivity contribution in [3.05, 3.63) is 65.5 Å². The molecule has 0 unspecified atom stereocenters. The van der Waals surface area contributed by atoms with Crippen LogP contribution in [0.3, 0.4) is 0 Å². The highest BCUT2D eigenvalue weighted by Gasteiger charge is 2.17. The minimum Gasteiger partial charge on any atom is -0.383 e. The summed E-state index contributed by atoms with van der Waals surface area (Å²) in [6.45, 7) is 2.37. The van der Waals surface area contributed by atoms with Gasteiger partial charge in [-0.25, -0.2) is 4.39 Å². The molecule has 6 nitrogen and oxygen atoms in total. The Hall–Kier alpha value is -2.45. The lowest BCUT2D eigenvalue weighted by molar-refractivity contribution is 0.0680. The Bertz CT molecular complexity index is 868. The maximum atomic E-state index is 13.1. The fourth-order valence-corrected chi connectivity index (χ4v) is 2.87. The van der Waals surface area contributed by atoms with Gasteiger partial charge in [0.15, 0.2) is 0 Å². The molecule has 0 spiro atoms. The Morgan fingerprint density at radius 3 is 2.48 bits per heavy atom. The third-order valence-corrected chi connectivity index (χ3v) is 4.95. The number of carbonyl (C=O) groups excluding carboxylic acids is 1. The summed E-state index contributed by atoms with van der Waals surface area (Å²) in [7, 11) is -2.10. The van der Waals surface area contributed by atoms with Crippen molar-refractivity contribution in [1.82, 2.24) is 4.90 Å². The van der Waals surface area contributed by atoms with E-state index in [0.29, 0.717) is 24.3 Å². The smallest absolute Gasteiger partial charge is 0.308 e. The SMILES string of the molecule is CCS(=O)(=O)Oc1cccc(CN(CCOC)C(=O)c2ccc(F)cc2)c1. The summed E-state index contributed by atoms with van der Waals surface area (Å²) in [4.78, 5) is 14.3. The van der Waals surface area contributed by atoms with Gasteiger partial charge in [0.25, 0.3) is 5.91 Å². The average molecular weight is 395 g/mol. The molecule has 1 amide bonds. The van der Waals surface area contributed by atoms with Gasteiger partial charge in [0.2, 0.25) is 0 Å². The van der Waals surface area contributed by atoms with Crippen LogP contribution in [0.4, 0.5) is 4.39 Å². The van der Waals surface area contributed by atoms with Gasteiger partial charge in [-0.1, -0.05) is 12.1 Å². The van der Waals surface area contributed by atoms with Crippen LogP contribution in [-0.2, 0) is 21.4 Å². The van der Waals surface area contributed by atoms with Crippen LogP contribution in [0.2, 0.25) is 0 Å². The normalized spacial score (nSPS) is 11.2. The first-order valence-electron chi connectivity index (χ1n) is 8.39. The quantitative estimate of drug-likeness (QED) is 0.611. The first-order chi connectivity index (χ1) is 12.8. The van der Waals surface area contributed by atoms with E-state index < -0.39 is 15.9 Å². The third-order valence-electron chi connectivity index (χ3n) is 3.79. The molecule has 27 heavy (non-hydrogen) atoms. The summed E-state index contributed by atoms with van der Waals surface area (Å²) in [5, 5.41) is 0. The topological polar surface area (TPSA) is 72.9 Å². The molecule has 2 aromatic rings. The van der Waals surface area contributed by atoms with E-state index in [4.69, 9.17) is 8.92 Å². The molecular weight excluding hydrogens is 373 g/mol. The Kier molecular flexibility index (Phi) is 7.32. The molecule has 8 heteroatoms. The summed E-state index contributed by atoms with van der Waals surface area (Å²) >= 11 is 0. The van der Waals surface area contributed by atoms with Crippen molar-refractivity contribution in [2.24, 2.45) is 0 Å². The van der Waals surface area contributed by atoms with E-state index >= 15 is 0 Å². The predicted octanol–water partition coefficient (Wildman–Crippen LogP) is 2.84. The Labute approximate surface area is 158 Å². The van der Waals surface area contributed by atoms with E-state index in [2.05, 4.69) is 0 Å². The van der Waals surface area contributed by atoms with Crippen LogP contribution in [0.25, 0.3) is 0 Å². The van der Waals surface area contributed by atoms with Gasteiger partial charge in [-0.15, -0.1) is 0 Å². The summed E-state index contributed by atoms with van der Waals surface area (Å²) in [6, 6.07) is 11.8. The first-order valence-corrected chi connectivity index (χ1v) is 9.97. The van der Waals surface area contributed by atoms with Crippen molar-refractivity contribution in [2.75, 3.05) is 26.0 Å². The molecule has 0 bridgehead atoms. The summed E-state index contributed by atoms with van der Waals surface area (Å²) in [6.07, 6.45) is 0. The lowest BCUT2D eigenvalue weighted by Crippen LogP contribution is -2.33. The van der Waals surface area contributed by atoms with Crippen molar-refractivity contribution in [1.29, 1.82) is 0 Å².